The monoisotopic (exact) mass is 482 g/mol. The van der Waals surface area contributed by atoms with Gasteiger partial charge in [0.1, 0.15) is 12.7 Å². The average Bonchev–Trinajstić information content (AvgIpc) is 2.70. The van der Waals surface area contributed by atoms with Crippen molar-refractivity contribution in [2.75, 3.05) is 6.61 Å². The van der Waals surface area contributed by atoms with Gasteiger partial charge in [-0.05, 0) is 18.7 Å². The molecule has 2 rings (SSSR count). The quantitative estimate of drug-likeness (QED) is 0.417. The zero-order chi connectivity index (χ0) is 24.7. The minimum Gasteiger partial charge on any atom is -0.463 e. The molecule has 1 fully saturated rings. The molecular formula is C22H26O10S. The highest BCUT2D eigenvalue weighted by Gasteiger charge is 2.53. The summed E-state index contributed by atoms with van der Waals surface area (Å²) >= 11 is 0.709. The van der Waals surface area contributed by atoms with Gasteiger partial charge in [-0.1, -0.05) is 29.8 Å². The Morgan fingerprint density at radius 2 is 1.30 bits per heavy atom. The van der Waals surface area contributed by atoms with Crippen LogP contribution in [0.25, 0.3) is 0 Å². The zero-order valence-corrected chi connectivity index (χ0v) is 19.7. The van der Waals surface area contributed by atoms with Gasteiger partial charge < -0.3 is 23.7 Å². The Labute approximate surface area is 195 Å². The third-order valence-electron chi connectivity index (χ3n) is 4.46. The van der Waals surface area contributed by atoms with E-state index < -0.39 is 58.8 Å². The lowest BCUT2D eigenvalue weighted by molar-refractivity contribution is -0.237. The molecule has 0 N–H and O–H groups in total. The summed E-state index contributed by atoms with van der Waals surface area (Å²) in [6, 6.07) is 6.80. The van der Waals surface area contributed by atoms with E-state index >= 15 is 0 Å². The first kappa shape index (κ1) is 26.3. The largest absolute Gasteiger partial charge is 0.463 e. The molecule has 0 aromatic heterocycles. The number of aryl methyl sites for hydroxylation is 1. The summed E-state index contributed by atoms with van der Waals surface area (Å²) in [7, 11) is 0. The van der Waals surface area contributed by atoms with Gasteiger partial charge in [-0.25, -0.2) is 0 Å². The summed E-state index contributed by atoms with van der Waals surface area (Å²) in [5, 5.41) is -0.393. The van der Waals surface area contributed by atoms with Gasteiger partial charge in [0.15, 0.2) is 23.7 Å². The van der Waals surface area contributed by atoms with Gasteiger partial charge in [0.05, 0.1) is 0 Å². The van der Waals surface area contributed by atoms with Gasteiger partial charge in [-0.2, -0.15) is 0 Å². The van der Waals surface area contributed by atoms with E-state index in [2.05, 4.69) is 0 Å². The Kier molecular flexibility index (Phi) is 9.42. The van der Waals surface area contributed by atoms with Gasteiger partial charge in [-0.3, -0.25) is 24.0 Å². The highest BCUT2D eigenvalue weighted by Crippen LogP contribution is 2.35. The summed E-state index contributed by atoms with van der Waals surface area (Å²) < 4.78 is 26.9. The molecular weight excluding hydrogens is 456 g/mol. The highest BCUT2D eigenvalue weighted by atomic mass is 32.2. The van der Waals surface area contributed by atoms with Crippen molar-refractivity contribution in [1.29, 1.82) is 0 Å². The molecule has 10 nitrogen and oxygen atoms in total. The van der Waals surface area contributed by atoms with Crippen LogP contribution in [-0.4, -0.2) is 65.5 Å². The average molecular weight is 483 g/mol. The Morgan fingerprint density at radius 1 is 0.788 bits per heavy atom. The number of thioether (sulfide) groups is 1. The standard InChI is InChI=1S/C22H26O10S/c1-11-6-8-16(9-7-11)21(27)33-22-20(31-15(5)26)19(30-14(4)25)18(29-13(3)24)17(32-22)10-28-12(2)23/h6-9,17-20,22H,10H2,1-5H3/t17-,18+,19+,20-,22+/m1/s1. The van der Waals surface area contributed by atoms with Crippen LogP contribution in [0.3, 0.4) is 0 Å². The van der Waals surface area contributed by atoms with Crippen LogP contribution < -0.4 is 0 Å². The number of benzene rings is 1. The molecule has 1 heterocycles. The predicted octanol–water partition coefficient (Wildman–Crippen LogP) is 1.95. The maximum Gasteiger partial charge on any atom is 0.303 e. The summed E-state index contributed by atoms with van der Waals surface area (Å²) in [6.07, 6.45) is -4.96. The molecule has 0 saturated carbocycles. The predicted molar refractivity (Wildman–Crippen MR) is 115 cm³/mol. The van der Waals surface area contributed by atoms with Gasteiger partial charge in [0.25, 0.3) is 0 Å². The van der Waals surface area contributed by atoms with E-state index in [9.17, 15) is 24.0 Å². The highest BCUT2D eigenvalue weighted by molar-refractivity contribution is 8.14. The Balaban J connectivity index is 2.42. The topological polar surface area (TPSA) is 132 Å². The molecule has 1 aromatic rings. The van der Waals surface area contributed by atoms with E-state index in [1.165, 1.54) is 6.92 Å². The van der Waals surface area contributed by atoms with Crippen LogP contribution >= 0.6 is 11.8 Å². The van der Waals surface area contributed by atoms with Crippen LogP contribution in [0, 0.1) is 6.92 Å². The Hall–Kier alpha value is -2.92. The first-order valence-electron chi connectivity index (χ1n) is 10.1. The first-order chi connectivity index (χ1) is 15.5. The molecule has 0 spiro atoms. The lowest BCUT2D eigenvalue weighted by Crippen LogP contribution is -2.61. The molecule has 1 saturated heterocycles. The third-order valence-corrected chi connectivity index (χ3v) is 5.52. The number of hydrogen-bond acceptors (Lipinski definition) is 11. The molecule has 1 aliphatic rings. The van der Waals surface area contributed by atoms with Crippen molar-refractivity contribution < 1.29 is 47.7 Å². The lowest BCUT2D eigenvalue weighted by atomic mass is 9.99. The Bertz CT molecular complexity index is 897. The van der Waals surface area contributed by atoms with Crippen LogP contribution in [0.15, 0.2) is 24.3 Å². The van der Waals surface area contributed by atoms with E-state index in [0.717, 1.165) is 26.3 Å². The summed E-state index contributed by atoms with van der Waals surface area (Å²) in [4.78, 5) is 59.6. The SMILES string of the molecule is CC(=O)OC[C@H]1O[C@@H](SC(=O)c2ccc(C)cc2)[C@H](OC(C)=O)[C@@H](OC(C)=O)[C@H]1OC(C)=O. The van der Waals surface area contributed by atoms with Crippen molar-refractivity contribution >= 4 is 40.8 Å². The maximum absolute atomic E-state index is 12.9. The number of hydrogen-bond donors (Lipinski definition) is 0. The number of carbonyl (C=O) groups excluding carboxylic acids is 5. The van der Waals surface area contributed by atoms with Crippen molar-refractivity contribution in [3.8, 4) is 0 Å². The molecule has 180 valence electrons. The van der Waals surface area contributed by atoms with Crippen LogP contribution in [-0.2, 0) is 42.9 Å². The second-order valence-electron chi connectivity index (χ2n) is 7.34. The van der Waals surface area contributed by atoms with Gasteiger partial charge >= 0.3 is 23.9 Å². The van der Waals surface area contributed by atoms with E-state index in [1.54, 1.807) is 24.3 Å². The summed E-state index contributed by atoms with van der Waals surface area (Å²) in [5.74, 6) is -2.81. The molecule has 5 atom stereocenters. The number of carbonyl (C=O) groups is 5. The van der Waals surface area contributed by atoms with Gasteiger partial charge in [0.2, 0.25) is 5.12 Å². The maximum atomic E-state index is 12.9. The lowest BCUT2D eigenvalue weighted by Gasteiger charge is -2.43. The first-order valence-corrected chi connectivity index (χ1v) is 10.9. The molecule has 1 aromatic carbocycles. The minimum atomic E-state index is -1.31. The molecule has 0 aliphatic carbocycles. The van der Waals surface area contributed by atoms with Crippen molar-refractivity contribution in [3.05, 3.63) is 35.4 Å². The van der Waals surface area contributed by atoms with Crippen molar-refractivity contribution in [2.24, 2.45) is 0 Å². The van der Waals surface area contributed by atoms with Crippen LogP contribution in [0.4, 0.5) is 0 Å². The molecule has 1 aliphatic heterocycles. The molecule has 11 heteroatoms. The van der Waals surface area contributed by atoms with E-state index in [1.807, 2.05) is 6.92 Å². The molecule has 0 amide bonds. The minimum absolute atomic E-state index is 0.354. The second-order valence-corrected chi connectivity index (χ2v) is 8.41. The fourth-order valence-electron chi connectivity index (χ4n) is 3.15. The molecule has 33 heavy (non-hydrogen) atoms. The summed E-state index contributed by atoms with van der Waals surface area (Å²) in [6.45, 7) is 6.11. The van der Waals surface area contributed by atoms with Crippen molar-refractivity contribution in [2.45, 2.75) is 64.5 Å². The van der Waals surface area contributed by atoms with E-state index in [0.29, 0.717) is 17.3 Å². The fourth-order valence-corrected chi connectivity index (χ4v) is 4.17. The number of esters is 4. The fraction of sp³-hybridized carbons (Fsp3) is 0.500. The smallest absolute Gasteiger partial charge is 0.303 e. The summed E-state index contributed by atoms with van der Waals surface area (Å²) in [5.41, 5.74) is 0.182. The normalized spacial score (nSPS) is 24.3. The molecule has 0 radical (unpaired) electrons. The van der Waals surface area contributed by atoms with Gasteiger partial charge in [0, 0.05) is 33.3 Å². The van der Waals surface area contributed by atoms with E-state index in [-0.39, 0.29) is 6.61 Å². The van der Waals surface area contributed by atoms with Crippen LogP contribution in [0.1, 0.15) is 43.6 Å². The third kappa shape index (κ3) is 7.86. The molecule has 0 bridgehead atoms. The van der Waals surface area contributed by atoms with Crippen molar-refractivity contribution in [3.63, 3.8) is 0 Å². The van der Waals surface area contributed by atoms with Gasteiger partial charge in [-0.15, -0.1) is 0 Å². The molecule has 0 unspecified atom stereocenters. The number of rotatable bonds is 7. The Morgan fingerprint density at radius 3 is 1.82 bits per heavy atom. The van der Waals surface area contributed by atoms with Crippen LogP contribution in [0.5, 0.6) is 0 Å². The van der Waals surface area contributed by atoms with Crippen molar-refractivity contribution in [1.82, 2.24) is 0 Å². The zero-order valence-electron chi connectivity index (χ0n) is 18.9. The number of ether oxygens (including phenoxy) is 5. The second kappa shape index (κ2) is 11.8. The van der Waals surface area contributed by atoms with Crippen LogP contribution in [0.2, 0.25) is 0 Å². The van der Waals surface area contributed by atoms with E-state index in [4.69, 9.17) is 23.7 Å².